The number of halogens is 2. The monoisotopic (exact) mass is 555 g/mol. The van der Waals surface area contributed by atoms with E-state index in [1.807, 2.05) is 26.8 Å². The third-order valence-electron chi connectivity index (χ3n) is 5.65. The number of benzene rings is 2. The molecule has 0 saturated carbocycles. The number of carbonyl (C=O) groups is 2. The second-order valence-electron chi connectivity index (χ2n) is 9.35. The lowest BCUT2D eigenvalue weighted by molar-refractivity contribution is -0.140. The SMILES string of the molecule is Cc1cccc(N(CCCC(=O)N(Cc2ccc(Cl)cc2Cl)C(C)C(=O)NCC(C)C)S(C)(=O)=O)c1. The molecule has 10 heteroatoms. The zero-order chi connectivity index (χ0) is 27.0. The number of sulfonamides is 1. The van der Waals surface area contributed by atoms with Crippen molar-refractivity contribution in [2.24, 2.45) is 5.92 Å². The van der Waals surface area contributed by atoms with Crippen LogP contribution in [0.5, 0.6) is 0 Å². The molecule has 36 heavy (non-hydrogen) atoms. The molecule has 0 aromatic heterocycles. The number of rotatable bonds is 12. The Bertz CT molecular complexity index is 1170. The first-order valence-electron chi connectivity index (χ1n) is 11.8. The zero-order valence-electron chi connectivity index (χ0n) is 21.4. The van der Waals surface area contributed by atoms with E-state index >= 15 is 0 Å². The molecule has 0 fully saturated rings. The van der Waals surface area contributed by atoms with Gasteiger partial charge < -0.3 is 10.2 Å². The number of anilines is 1. The Balaban J connectivity index is 2.20. The molecule has 1 unspecified atom stereocenters. The van der Waals surface area contributed by atoms with E-state index in [0.29, 0.717) is 27.8 Å². The maximum atomic E-state index is 13.3. The summed E-state index contributed by atoms with van der Waals surface area (Å²) in [7, 11) is -3.54. The van der Waals surface area contributed by atoms with Crippen LogP contribution in [0.1, 0.15) is 44.7 Å². The summed E-state index contributed by atoms with van der Waals surface area (Å²) >= 11 is 12.4. The van der Waals surface area contributed by atoms with Crippen LogP contribution in [0.15, 0.2) is 42.5 Å². The van der Waals surface area contributed by atoms with Crippen LogP contribution < -0.4 is 9.62 Å². The van der Waals surface area contributed by atoms with Gasteiger partial charge in [0.1, 0.15) is 6.04 Å². The van der Waals surface area contributed by atoms with E-state index in [4.69, 9.17) is 23.2 Å². The summed E-state index contributed by atoms with van der Waals surface area (Å²) in [5.41, 5.74) is 2.15. The van der Waals surface area contributed by atoms with Crippen molar-refractivity contribution in [3.63, 3.8) is 0 Å². The number of nitrogens with one attached hydrogen (secondary N) is 1. The Morgan fingerprint density at radius 3 is 2.33 bits per heavy atom. The predicted octanol–water partition coefficient (Wildman–Crippen LogP) is 5.04. The normalized spacial score (nSPS) is 12.3. The van der Waals surface area contributed by atoms with E-state index < -0.39 is 16.1 Å². The minimum atomic E-state index is -3.54. The van der Waals surface area contributed by atoms with Gasteiger partial charge in [0, 0.05) is 36.1 Å². The Morgan fingerprint density at radius 2 is 1.75 bits per heavy atom. The zero-order valence-corrected chi connectivity index (χ0v) is 23.8. The van der Waals surface area contributed by atoms with Crippen LogP contribution in [-0.2, 0) is 26.2 Å². The lowest BCUT2D eigenvalue weighted by Crippen LogP contribution is -2.48. The van der Waals surface area contributed by atoms with E-state index in [1.165, 1.54) is 9.21 Å². The lowest BCUT2D eigenvalue weighted by atomic mass is 10.1. The molecular formula is C26H35Cl2N3O4S. The molecule has 0 aliphatic heterocycles. The molecule has 0 aliphatic carbocycles. The topological polar surface area (TPSA) is 86.8 Å². The van der Waals surface area contributed by atoms with E-state index in [-0.39, 0.29) is 43.7 Å². The van der Waals surface area contributed by atoms with Crippen molar-refractivity contribution in [3.05, 3.63) is 63.6 Å². The molecule has 0 heterocycles. The first kappa shape index (κ1) is 29.9. The van der Waals surface area contributed by atoms with Gasteiger partial charge in [-0.25, -0.2) is 8.42 Å². The summed E-state index contributed by atoms with van der Waals surface area (Å²) in [5.74, 6) is -0.273. The molecule has 2 rings (SSSR count). The fourth-order valence-corrected chi connectivity index (χ4v) is 5.08. The van der Waals surface area contributed by atoms with Gasteiger partial charge in [0.2, 0.25) is 21.8 Å². The highest BCUT2D eigenvalue weighted by atomic mass is 35.5. The van der Waals surface area contributed by atoms with Gasteiger partial charge in [-0.05, 0) is 61.6 Å². The average Bonchev–Trinajstić information content (AvgIpc) is 2.78. The van der Waals surface area contributed by atoms with Crippen LogP contribution in [-0.4, -0.2) is 50.5 Å². The molecule has 2 amide bonds. The lowest BCUT2D eigenvalue weighted by Gasteiger charge is -2.30. The molecule has 1 atom stereocenters. The van der Waals surface area contributed by atoms with Gasteiger partial charge >= 0.3 is 0 Å². The van der Waals surface area contributed by atoms with Crippen LogP contribution in [0.2, 0.25) is 10.0 Å². The third-order valence-corrected chi connectivity index (χ3v) is 7.43. The molecule has 2 aromatic carbocycles. The molecule has 1 N–H and O–H groups in total. The summed E-state index contributed by atoms with van der Waals surface area (Å²) in [4.78, 5) is 27.6. The predicted molar refractivity (Wildman–Crippen MR) is 147 cm³/mol. The fourth-order valence-electron chi connectivity index (χ4n) is 3.66. The maximum Gasteiger partial charge on any atom is 0.242 e. The van der Waals surface area contributed by atoms with Crippen LogP contribution in [0.3, 0.4) is 0 Å². The minimum Gasteiger partial charge on any atom is -0.354 e. The fraction of sp³-hybridized carbons (Fsp3) is 0.462. The van der Waals surface area contributed by atoms with Gasteiger partial charge in [0.05, 0.1) is 11.9 Å². The summed E-state index contributed by atoms with van der Waals surface area (Å²) in [6.45, 7) is 8.29. The molecule has 198 valence electrons. The van der Waals surface area contributed by atoms with E-state index in [2.05, 4.69) is 5.32 Å². The number of carbonyl (C=O) groups excluding carboxylic acids is 2. The molecule has 0 bridgehead atoms. The number of aryl methyl sites for hydroxylation is 1. The Morgan fingerprint density at radius 1 is 1.06 bits per heavy atom. The summed E-state index contributed by atoms with van der Waals surface area (Å²) in [6, 6.07) is 11.5. The van der Waals surface area contributed by atoms with Crippen molar-refractivity contribution in [2.45, 2.75) is 53.1 Å². The molecule has 0 aliphatic rings. The van der Waals surface area contributed by atoms with E-state index in [9.17, 15) is 18.0 Å². The Kier molecular flexibility index (Phi) is 11.1. The molecule has 0 spiro atoms. The van der Waals surface area contributed by atoms with Crippen molar-refractivity contribution in [2.75, 3.05) is 23.7 Å². The summed E-state index contributed by atoms with van der Waals surface area (Å²) < 4.78 is 26.2. The largest absolute Gasteiger partial charge is 0.354 e. The highest BCUT2D eigenvalue weighted by Gasteiger charge is 2.27. The van der Waals surface area contributed by atoms with Crippen LogP contribution in [0.4, 0.5) is 5.69 Å². The van der Waals surface area contributed by atoms with Gasteiger partial charge in [-0.15, -0.1) is 0 Å². The number of hydrogen-bond acceptors (Lipinski definition) is 4. The van der Waals surface area contributed by atoms with Gasteiger partial charge in [-0.1, -0.05) is 55.2 Å². The summed E-state index contributed by atoms with van der Waals surface area (Å²) in [6.07, 6.45) is 1.49. The Hall–Kier alpha value is -2.29. The highest BCUT2D eigenvalue weighted by molar-refractivity contribution is 7.92. The third kappa shape index (κ3) is 8.98. The minimum absolute atomic E-state index is 0.0604. The van der Waals surface area contributed by atoms with Crippen LogP contribution in [0.25, 0.3) is 0 Å². The van der Waals surface area contributed by atoms with Crippen molar-refractivity contribution in [1.82, 2.24) is 10.2 Å². The molecule has 0 radical (unpaired) electrons. The van der Waals surface area contributed by atoms with Crippen LogP contribution in [0, 0.1) is 12.8 Å². The second-order valence-corrected chi connectivity index (χ2v) is 12.1. The first-order chi connectivity index (χ1) is 16.8. The first-order valence-corrected chi connectivity index (χ1v) is 14.5. The molecular weight excluding hydrogens is 521 g/mol. The van der Waals surface area contributed by atoms with Crippen molar-refractivity contribution in [1.29, 1.82) is 0 Å². The second kappa shape index (κ2) is 13.3. The summed E-state index contributed by atoms with van der Waals surface area (Å²) in [5, 5.41) is 3.75. The van der Waals surface area contributed by atoms with Gasteiger partial charge in [0.25, 0.3) is 0 Å². The van der Waals surface area contributed by atoms with Crippen molar-refractivity contribution >= 4 is 50.7 Å². The number of nitrogens with zero attached hydrogens (tertiary/aromatic N) is 2. The van der Waals surface area contributed by atoms with Gasteiger partial charge in [-0.3, -0.25) is 13.9 Å². The molecule has 2 aromatic rings. The quantitative estimate of drug-likeness (QED) is 0.397. The van der Waals surface area contributed by atoms with Gasteiger partial charge in [-0.2, -0.15) is 0 Å². The number of amides is 2. The van der Waals surface area contributed by atoms with Crippen molar-refractivity contribution in [3.8, 4) is 0 Å². The maximum absolute atomic E-state index is 13.3. The van der Waals surface area contributed by atoms with Crippen LogP contribution >= 0.6 is 23.2 Å². The number of hydrogen-bond donors (Lipinski definition) is 1. The highest BCUT2D eigenvalue weighted by Crippen LogP contribution is 2.24. The smallest absolute Gasteiger partial charge is 0.242 e. The van der Waals surface area contributed by atoms with E-state index in [1.54, 1.807) is 43.3 Å². The standard InChI is InChI=1S/C26H35Cl2N3O4S/c1-18(2)16-29-26(33)20(4)30(17-21-11-12-22(27)15-24(21)28)25(32)10-7-13-31(36(5,34)35)23-9-6-8-19(3)14-23/h6,8-9,11-12,14-15,18,20H,7,10,13,16-17H2,1-5H3,(H,29,33). The molecule has 7 nitrogen and oxygen atoms in total. The molecule has 0 saturated heterocycles. The van der Waals surface area contributed by atoms with Gasteiger partial charge in [0.15, 0.2) is 0 Å². The van der Waals surface area contributed by atoms with Crippen molar-refractivity contribution < 1.29 is 18.0 Å². The Labute approximate surface area is 224 Å². The average molecular weight is 557 g/mol. The van der Waals surface area contributed by atoms with E-state index in [0.717, 1.165) is 11.8 Å².